The van der Waals surface area contributed by atoms with Gasteiger partial charge in [0.1, 0.15) is 0 Å². The summed E-state index contributed by atoms with van der Waals surface area (Å²) in [6.07, 6.45) is 2.05. The van der Waals surface area contributed by atoms with Crippen LogP contribution >= 0.6 is 0 Å². The number of benzene rings is 1. The van der Waals surface area contributed by atoms with Gasteiger partial charge in [-0.25, -0.2) is 0 Å². The Morgan fingerprint density at radius 2 is 1.39 bits per heavy atom. The Morgan fingerprint density at radius 3 is 1.78 bits per heavy atom. The number of rotatable bonds is 5. The summed E-state index contributed by atoms with van der Waals surface area (Å²) >= 11 is 0. The number of hydrogen-bond donors (Lipinski definition) is 0. The van der Waals surface area contributed by atoms with Crippen molar-refractivity contribution in [1.82, 2.24) is 4.90 Å². The van der Waals surface area contributed by atoms with Gasteiger partial charge in [-0.3, -0.25) is 4.79 Å². The number of carbonyl (C=O) groups excluding carboxylic acids is 1. The average molecular weight is 355 g/mol. The van der Waals surface area contributed by atoms with Crippen molar-refractivity contribution in [1.29, 1.82) is 0 Å². The number of carbonyl (C=O) groups is 1. The van der Waals surface area contributed by atoms with Crippen LogP contribution in [0.2, 0.25) is 0 Å². The third-order valence-corrected chi connectivity index (χ3v) is 2.82. The molecule has 0 radical (unpaired) electrons. The van der Waals surface area contributed by atoms with E-state index in [0.717, 1.165) is 31.5 Å². The van der Waals surface area contributed by atoms with Crippen LogP contribution in [0.4, 0.5) is 0 Å². The Hall–Kier alpha value is -1.56. The van der Waals surface area contributed by atoms with E-state index in [9.17, 15) is 4.79 Å². The molecule has 0 saturated carbocycles. The van der Waals surface area contributed by atoms with Gasteiger partial charge in [0.25, 0.3) is 5.91 Å². The first kappa shape index (κ1) is 29.5. The summed E-state index contributed by atoms with van der Waals surface area (Å²) < 4.78 is 22.5. The summed E-state index contributed by atoms with van der Waals surface area (Å²) in [5.41, 5.74) is 2.04. The Balaban J connectivity index is -0.000000231. The molecule has 0 spiro atoms. The van der Waals surface area contributed by atoms with Crippen LogP contribution in [0.25, 0.3) is 0 Å². The molecule has 0 N–H and O–H groups in total. The normalized spacial score (nSPS) is 7.35. The number of hydrogen-bond acceptors (Lipinski definition) is 1. The molecule has 1 rings (SSSR count). The van der Waals surface area contributed by atoms with Crippen LogP contribution in [0.15, 0.2) is 24.3 Å². The van der Waals surface area contributed by atoms with E-state index >= 15 is 0 Å². The summed E-state index contributed by atoms with van der Waals surface area (Å²) in [5.74, 6) is 0.161. The van der Waals surface area contributed by atoms with Crippen LogP contribution in [0, 0.1) is 20.0 Å². The van der Waals surface area contributed by atoms with Gasteiger partial charge in [0.05, 0.1) is 0 Å². The molecule has 0 aliphatic heterocycles. The van der Waals surface area contributed by atoms with Crippen LogP contribution in [-0.2, 0) is 37.7 Å². The minimum atomic E-state index is 0. The van der Waals surface area contributed by atoms with Gasteiger partial charge < -0.3 is 4.90 Å². The van der Waals surface area contributed by atoms with Crippen LogP contribution in [0.1, 0.15) is 43.1 Å². The van der Waals surface area contributed by atoms with Gasteiger partial charge in [0, 0.05) is 36.0 Å². The third kappa shape index (κ3) is 11.6. The second-order valence-electron chi connectivity index (χ2n) is 3.88. The van der Waals surface area contributed by atoms with E-state index in [1.165, 1.54) is 5.56 Å². The number of aryl methyl sites for hydroxylation is 1. The van der Waals surface area contributed by atoms with E-state index in [1.807, 2.05) is 36.9 Å². The fraction of sp³-hybridized carbons (Fsp3) is 0.412. The minimum absolute atomic E-state index is 0. The molecule has 1 aromatic carbocycles. The quantitative estimate of drug-likeness (QED) is 0.590. The van der Waals surface area contributed by atoms with Crippen LogP contribution < -0.4 is 0 Å². The molecule has 0 saturated heterocycles. The fourth-order valence-corrected chi connectivity index (χ4v) is 1.90. The molecular weight excluding hydrogens is 334 g/mol. The summed E-state index contributed by atoms with van der Waals surface area (Å²) in [5, 5.41) is 0. The van der Waals surface area contributed by atoms with Crippen molar-refractivity contribution in [2.24, 2.45) is 0 Å². The number of amides is 1. The predicted molar refractivity (Wildman–Crippen MR) is 79.5 cm³/mol. The van der Waals surface area contributed by atoms with Crippen LogP contribution in [0.3, 0.4) is 0 Å². The Kier molecular flexibility index (Phi) is 29.1. The molecule has 124 valence electrons. The average Bonchev–Trinajstić information content (AvgIpc) is 2.62. The first-order valence-electron chi connectivity index (χ1n) is 6.72. The molecule has 23 heavy (non-hydrogen) atoms. The molecule has 1 aromatic rings. The van der Waals surface area contributed by atoms with Crippen molar-refractivity contribution in [3.05, 3.63) is 55.3 Å². The van der Waals surface area contributed by atoms with Crippen molar-refractivity contribution in [3.63, 3.8) is 0 Å². The monoisotopic (exact) mass is 355 g/mol. The molecule has 5 nitrogen and oxygen atoms in total. The maximum absolute atomic E-state index is 12.2. The molecule has 0 heterocycles. The zero-order valence-corrected chi connectivity index (χ0v) is 14.9. The smallest absolute Gasteiger partial charge is 0 e. The second kappa shape index (κ2) is 22.7. The van der Waals surface area contributed by atoms with E-state index < -0.39 is 0 Å². The van der Waals surface area contributed by atoms with E-state index in [0.29, 0.717) is 0 Å². The minimum Gasteiger partial charge on any atom is 0 e. The molecule has 0 aliphatic rings. The summed E-state index contributed by atoms with van der Waals surface area (Å²) in [6.45, 7) is 21.2. The predicted octanol–water partition coefficient (Wildman–Crippen LogP) is 3.01. The second-order valence-corrected chi connectivity index (χ2v) is 3.88. The zero-order valence-electron chi connectivity index (χ0n) is 13.6. The number of nitrogens with zero attached hydrogens (tertiary/aromatic N) is 1. The van der Waals surface area contributed by atoms with E-state index in [2.05, 4.69) is 32.9 Å². The van der Waals surface area contributed by atoms with Gasteiger partial charge in [0.15, 0.2) is 0 Å². The van der Waals surface area contributed by atoms with Gasteiger partial charge in [-0.15, -0.1) is 0 Å². The van der Waals surface area contributed by atoms with Crippen LogP contribution in [0.5, 0.6) is 0 Å². The molecule has 0 aromatic heterocycles. The van der Waals surface area contributed by atoms with Crippen molar-refractivity contribution < 1.29 is 36.1 Å². The molecule has 0 fully saturated rings. The Bertz CT molecular complexity index is 451. The zero-order chi connectivity index (χ0) is 18.0. The van der Waals surface area contributed by atoms with Crippen molar-refractivity contribution in [3.8, 4) is 0 Å². The Labute approximate surface area is 149 Å². The molecule has 6 heteroatoms. The third-order valence-electron chi connectivity index (χ3n) is 2.82. The van der Waals surface area contributed by atoms with E-state index in [4.69, 9.17) is 14.0 Å². The molecule has 0 bridgehead atoms. The van der Waals surface area contributed by atoms with Crippen LogP contribution in [-0.4, -0.2) is 23.9 Å². The van der Waals surface area contributed by atoms with Gasteiger partial charge in [-0.2, -0.15) is 0 Å². The van der Waals surface area contributed by atoms with Gasteiger partial charge in [-0.05, 0) is 31.9 Å². The molecule has 0 aliphatic carbocycles. The summed E-state index contributed by atoms with van der Waals surface area (Å²) in [6, 6.07) is 7.94. The standard InChI is InChI=1S/C14H21NO.3CO.Cr/c1-4-9-12-10-7-8-11-13(12)14(16)15(5-2)6-3;3*1-2;/h7-8,10-11H,4-6,9H2,1-3H3;;;;. The van der Waals surface area contributed by atoms with E-state index in [-0.39, 0.29) is 23.3 Å². The largest absolute Gasteiger partial charge is 0 e. The molecule has 0 atom stereocenters. The molecular formula is C17H21CrNO4. The van der Waals surface area contributed by atoms with Crippen molar-refractivity contribution in [2.45, 2.75) is 33.6 Å². The van der Waals surface area contributed by atoms with Crippen molar-refractivity contribution in [2.75, 3.05) is 13.1 Å². The maximum atomic E-state index is 12.2. The molecule has 0 unspecified atom stereocenters. The first-order chi connectivity index (χ1) is 10.7. The van der Waals surface area contributed by atoms with Gasteiger partial charge in [0.2, 0.25) is 0 Å². The maximum Gasteiger partial charge on any atom is 0 e. The SMILES string of the molecule is CCCc1ccccc1C(=O)N(CC)CC.[C-]#[O+].[C-]#[O+].[C-]#[O+].[Cr]. The van der Waals surface area contributed by atoms with Crippen molar-refractivity contribution >= 4 is 5.91 Å². The van der Waals surface area contributed by atoms with Gasteiger partial charge in [-0.1, -0.05) is 31.5 Å². The Morgan fingerprint density at radius 1 is 0.957 bits per heavy atom. The topological polar surface area (TPSA) is 80.0 Å². The van der Waals surface area contributed by atoms with Gasteiger partial charge >= 0.3 is 33.9 Å². The molecule has 1 amide bonds. The summed E-state index contributed by atoms with van der Waals surface area (Å²) in [4.78, 5) is 14.1. The summed E-state index contributed by atoms with van der Waals surface area (Å²) in [7, 11) is 0. The van der Waals surface area contributed by atoms with E-state index in [1.54, 1.807) is 0 Å². The fourth-order valence-electron chi connectivity index (χ4n) is 1.90. The first-order valence-corrected chi connectivity index (χ1v) is 6.72.